The molecule has 1 fully saturated rings. The quantitative estimate of drug-likeness (QED) is 0.939. The van der Waals surface area contributed by atoms with Gasteiger partial charge in [-0.05, 0) is 49.4 Å². The van der Waals surface area contributed by atoms with Gasteiger partial charge in [0.1, 0.15) is 5.82 Å². The monoisotopic (exact) mass is 324 g/mol. The zero-order valence-corrected chi connectivity index (χ0v) is 14.3. The van der Waals surface area contributed by atoms with Crippen molar-refractivity contribution in [3.8, 4) is 0 Å². The summed E-state index contributed by atoms with van der Waals surface area (Å²) in [6, 6.07) is 7.71. The number of nitrogens with one attached hydrogen (secondary N) is 1. The Balaban J connectivity index is 1.54. The van der Waals surface area contributed by atoms with Gasteiger partial charge in [0.15, 0.2) is 0 Å². The van der Waals surface area contributed by atoms with E-state index < -0.39 is 0 Å². The van der Waals surface area contributed by atoms with Crippen LogP contribution in [-0.4, -0.2) is 29.0 Å². The molecule has 1 aliphatic rings. The van der Waals surface area contributed by atoms with E-state index in [1.54, 1.807) is 12.3 Å². The van der Waals surface area contributed by atoms with E-state index in [2.05, 4.69) is 27.1 Å². The second-order valence-electron chi connectivity index (χ2n) is 6.57. The number of hydrogen-bond donors (Lipinski definition) is 1. The minimum Gasteiger partial charge on any atom is -0.357 e. The van der Waals surface area contributed by atoms with Crippen molar-refractivity contribution in [3.63, 3.8) is 0 Å². The Morgan fingerprint density at radius 1 is 1.17 bits per heavy atom. The zero-order chi connectivity index (χ0) is 16.9. The van der Waals surface area contributed by atoms with Crippen LogP contribution in [0.1, 0.15) is 41.4 Å². The molecule has 126 valence electrons. The number of aryl methyl sites for hydroxylation is 1. The number of anilines is 1. The predicted molar refractivity (Wildman–Crippen MR) is 95.0 cm³/mol. The van der Waals surface area contributed by atoms with Crippen molar-refractivity contribution in [1.82, 2.24) is 15.3 Å². The Morgan fingerprint density at radius 2 is 1.96 bits per heavy atom. The molecular formula is C19H24N4O. The summed E-state index contributed by atoms with van der Waals surface area (Å²) in [5.41, 5.74) is 2.48. The molecule has 0 radical (unpaired) electrons. The van der Waals surface area contributed by atoms with E-state index in [1.807, 2.05) is 31.3 Å². The van der Waals surface area contributed by atoms with E-state index in [0.717, 1.165) is 36.1 Å². The molecule has 0 unspecified atom stereocenters. The molecule has 0 saturated carbocycles. The molecule has 3 heterocycles. The summed E-state index contributed by atoms with van der Waals surface area (Å²) in [6.45, 7) is 6.82. The minimum absolute atomic E-state index is 0.114. The summed E-state index contributed by atoms with van der Waals surface area (Å²) in [5, 5.41) is 2.91. The van der Waals surface area contributed by atoms with Crippen molar-refractivity contribution in [1.29, 1.82) is 0 Å². The standard InChI is InChI=1S/C19H24N4O/c1-14-7-9-23(10-8-14)18-6-4-16(11-21-18)12-22-19(24)17-5-3-15(2)20-13-17/h3-6,11,13-14H,7-10,12H2,1-2H3,(H,22,24). The molecule has 2 aromatic heterocycles. The van der Waals surface area contributed by atoms with Gasteiger partial charge in [-0.15, -0.1) is 0 Å². The molecule has 1 saturated heterocycles. The number of carbonyl (C=O) groups excluding carboxylic acids is 1. The first-order valence-electron chi connectivity index (χ1n) is 8.52. The maximum atomic E-state index is 12.1. The zero-order valence-electron chi connectivity index (χ0n) is 14.3. The average molecular weight is 324 g/mol. The molecule has 0 atom stereocenters. The molecule has 0 aliphatic carbocycles. The molecular weight excluding hydrogens is 300 g/mol. The summed E-state index contributed by atoms with van der Waals surface area (Å²) >= 11 is 0. The first-order valence-corrected chi connectivity index (χ1v) is 8.52. The lowest BCUT2D eigenvalue weighted by molar-refractivity contribution is 0.0950. The molecule has 2 aromatic rings. The highest BCUT2D eigenvalue weighted by molar-refractivity contribution is 5.93. The normalized spacial score (nSPS) is 15.3. The van der Waals surface area contributed by atoms with Crippen LogP contribution in [0, 0.1) is 12.8 Å². The summed E-state index contributed by atoms with van der Waals surface area (Å²) in [6.07, 6.45) is 5.90. The maximum Gasteiger partial charge on any atom is 0.253 e. The van der Waals surface area contributed by atoms with Gasteiger partial charge in [-0.1, -0.05) is 13.0 Å². The molecule has 0 spiro atoms. The molecule has 0 bridgehead atoms. The van der Waals surface area contributed by atoms with Gasteiger partial charge in [-0.25, -0.2) is 4.98 Å². The molecule has 1 N–H and O–H groups in total. The highest BCUT2D eigenvalue weighted by atomic mass is 16.1. The van der Waals surface area contributed by atoms with Crippen molar-refractivity contribution < 1.29 is 4.79 Å². The summed E-state index contributed by atoms with van der Waals surface area (Å²) in [4.78, 5) is 23.1. The number of hydrogen-bond acceptors (Lipinski definition) is 4. The lowest BCUT2D eigenvalue weighted by Gasteiger charge is -2.31. The van der Waals surface area contributed by atoms with E-state index in [-0.39, 0.29) is 5.91 Å². The lowest BCUT2D eigenvalue weighted by atomic mass is 9.99. The van der Waals surface area contributed by atoms with Crippen LogP contribution in [-0.2, 0) is 6.54 Å². The van der Waals surface area contributed by atoms with Crippen molar-refractivity contribution >= 4 is 11.7 Å². The molecule has 1 aliphatic heterocycles. The van der Waals surface area contributed by atoms with E-state index in [1.165, 1.54) is 12.8 Å². The van der Waals surface area contributed by atoms with Crippen molar-refractivity contribution in [2.75, 3.05) is 18.0 Å². The van der Waals surface area contributed by atoms with Gasteiger partial charge in [-0.3, -0.25) is 9.78 Å². The van der Waals surface area contributed by atoms with Gasteiger partial charge in [0.2, 0.25) is 0 Å². The molecule has 5 heteroatoms. The predicted octanol–water partition coefficient (Wildman–Crippen LogP) is 2.95. The van der Waals surface area contributed by atoms with Gasteiger partial charge in [0.05, 0.1) is 5.56 Å². The molecule has 1 amide bonds. The molecule has 3 rings (SSSR count). The second kappa shape index (κ2) is 7.43. The van der Waals surface area contributed by atoms with Crippen molar-refractivity contribution in [2.45, 2.75) is 33.2 Å². The number of rotatable bonds is 4. The first kappa shape index (κ1) is 16.4. The summed E-state index contributed by atoms with van der Waals surface area (Å²) in [5.74, 6) is 1.73. The molecule has 24 heavy (non-hydrogen) atoms. The minimum atomic E-state index is -0.114. The number of carbonyl (C=O) groups is 1. The third-order valence-corrected chi connectivity index (χ3v) is 4.54. The highest BCUT2D eigenvalue weighted by Crippen LogP contribution is 2.21. The number of amides is 1. The fourth-order valence-corrected chi connectivity index (χ4v) is 2.83. The van der Waals surface area contributed by atoms with Crippen LogP contribution < -0.4 is 10.2 Å². The van der Waals surface area contributed by atoms with E-state index >= 15 is 0 Å². The highest BCUT2D eigenvalue weighted by Gasteiger charge is 2.16. The fraction of sp³-hybridized carbons (Fsp3) is 0.421. The van der Waals surface area contributed by atoms with Gasteiger partial charge in [0.25, 0.3) is 5.91 Å². The van der Waals surface area contributed by atoms with Crippen molar-refractivity contribution in [3.05, 3.63) is 53.5 Å². The van der Waals surface area contributed by atoms with Crippen LogP contribution in [0.5, 0.6) is 0 Å². The second-order valence-corrected chi connectivity index (χ2v) is 6.57. The van der Waals surface area contributed by atoms with Gasteiger partial charge < -0.3 is 10.2 Å². The van der Waals surface area contributed by atoms with Crippen LogP contribution in [0.2, 0.25) is 0 Å². The Hall–Kier alpha value is -2.43. The maximum absolute atomic E-state index is 12.1. The Kier molecular flexibility index (Phi) is 5.08. The first-order chi connectivity index (χ1) is 11.6. The van der Waals surface area contributed by atoms with Crippen LogP contribution in [0.25, 0.3) is 0 Å². The smallest absolute Gasteiger partial charge is 0.253 e. The lowest BCUT2D eigenvalue weighted by Crippen LogP contribution is -2.33. The Labute approximate surface area is 143 Å². The third-order valence-electron chi connectivity index (χ3n) is 4.54. The van der Waals surface area contributed by atoms with Crippen LogP contribution in [0.3, 0.4) is 0 Å². The van der Waals surface area contributed by atoms with E-state index in [4.69, 9.17) is 0 Å². The fourth-order valence-electron chi connectivity index (χ4n) is 2.83. The molecule has 5 nitrogen and oxygen atoms in total. The summed E-state index contributed by atoms with van der Waals surface area (Å²) < 4.78 is 0. The van der Waals surface area contributed by atoms with Gasteiger partial charge in [0, 0.05) is 37.7 Å². The van der Waals surface area contributed by atoms with Crippen molar-refractivity contribution in [2.24, 2.45) is 5.92 Å². The summed E-state index contributed by atoms with van der Waals surface area (Å²) in [7, 11) is 0. The number of aromatic nitrogens is 2. The Morgan fingerprint density at radius 3 is 2.58 bits per heavy atom. The number of piperidine rings is 1. The average Bonchev–Trinajstić information content (AvgIpc) is 2.61. The number of nitrogens with zero attached hydrogens (tertiary/aromatic N) is 3. The van der Waals surface area contributed by atoms with E-state index in [9.17, 15) is 4.79 Å². The topological polar surface area (TPSA) is 58.1 Å². The van der Waals surface area contributed by atoms with E-state index in [0.29, 0.717) is 12.1 Å². The van der Waals surface area contributed by atoms with Crippen LogP contribution >= 0.6 is 0 Å². The van der Waals surface area contributed by atoms with Crippen LogP contribution in [0.15, 0.2) is 36.7 Å². The largest absolute Gasteiger partial charge is 0.357 e. The third kappa shape index (κ3) is 4.10. The Bertz CT molecular complexity index is 674. The van der Waals surface area contributed by atoms with Crippen LogP contribution in [0.4, 0.5) is 5.82 Å². The molecule has 0 aromatic carbocycles. The number of pyridine rings is 2. The SMILES string of the molecule is Cc1ccc(C(=O)NCc2ccc(N3CCC(C)CC3)nc2)cn1. The van der Waals surface area contributed by atoms with Gasteiger partial charge >= 0.3 is 0 Å². The van der Waals surface area contributed by atoms with Gasteiger partial charge in [-0.2, -0.15) is 0 Å².